The lowest BCUT2D eigenvalue weighted by molar-refractivity contribution is -0.384. The molecule has 2 amide bonds. The second-order valence-electron chi connectivity index (χ2n) is 8.65. The van der Waals surface area contributed by atoms with E-state index >= 15 is 0 Å². The highest BCUT2D eigenvalue weighted by Crippen LogP contribution is 2.39. The van der Waals surface area contributed by atoms with Gasteiger partial charge in [-0.1, -0.05) is 70.5 Å². The van der Waals surface area contributed by atoms with Crippen molar-refractivity contribution in [2.24, 2.45) is 0 Å². The van der Waals surface area contributed by atoms with E-state index in [1.54, 1.807) is 30.3 Å². The number of non-ortho nitro benzene ring substituents is 1. The molecular formula is C29H21BrN2O6S. The summed E-state index contributed by atoms with van der Waals surface area (Å²) in [5.41, 5.74) is 2.13. The largest absolute Gasteiger partial charge is 0.493 e. The predicted molar refractivity (Wildman–Crippen MR) is 154 cm³/mol. The minimum atomic E-state index is -0.459. The first-order valence-corrected chi connectivity index (χ1v) is 13.4. The zero-order valence-corrected chi connectivity index (χ0v) is 23.0. The molecule has 5 rings (SSSR count). The van der Waals surface area contributed by atoms with Crippen LogP contribution in [-0.2, 0) is 17.9 Å². The Morgan fingerprint density at radius 2 is 1.77 bits per heavy atom. The number of fused-ring (bicyclic) bond motifs is 1. The van der Waals surface area contributed by atoms with Gasteiger partial charge in [0.25, 0.3) is 16.8 Å². The van der Waals surface area contributed by atoms with E-state index in [-0.39, 0.29) is 30.0 Å². The smallest absolute Gasteiger partial charge is 0.293 e. The second kappa shape index (κ2) is 11.3. The van der Waals surface area contributed by atoms with Gasteiger partial charge >= 0.3 is 0 Å². The molecule has 1 saturated heterocycles. The summed E-state index contributed by atoms with van der Waals surface area (Å²) in [5, 5.41) is 12.7. The molecular weight excluding hydrogens is 584 g/mol. The van der Waals surface area contributed by atoms with Gasteiger partial charge in [0.1, 0.15) is 6.61 Å². The van der Waals surface area contributed by atoms with Crippen LogP contribution in [0, 0.1) is 10.1 Å². The van der Waals surface area contributed by atoms with Crippen LogP contribution in [0.3, 0.4) is 0 Å². The van der Waals surface area contributed by atoms with E-state index in [1.165, 1.54) is 24.1 Å². The number of nitro groups is 1. The maximum atomic E-state index is 13.2. The lowest BCUT2D eigenvalue weighted by Gasteiger charge is -2.14. The molecule has 0 bridgehead atoms. The lowest BCUT2D eigenvalue weighted by Crippen LogP contribution is -2.27. The molecule has 4 aromatic rings. The van der Waals surface area contributed by atoms with E-state index < -0.39 is 4.92 Å². The molecule has 0 aromatic heterocycles. The minimum absolute atomic E-state index is 0.0195. The second-order valence-corrected chi connectivity index (χ2v) is 10.5. The number of imide groups is 1. The first-order chi connectivity index (χ1) is 18.8. The highest BCUT2D eigenvalue weighted by atomic mass is 79.9. The number of carbonyl (C=O) groups excluding carboxylic acids is 2. The number of nitrogens with zero attached hydrogens (tertiary/aromatic N) is 2. The molecule has 1 fully saturated rings. The fourth-order valence-corrected chi connectivity index (χ4v) is 5.50. The fourth-order valence-electron chi connectivity index (χ4n) is 4.23. The van der Waals surface area contributed by atoms with E-state index in [4.69, 9.17) is 9.47 Å². The number of hydrogen-bond donors (Lipinski definition) is 0. The Hall–Kier alpha value is -4.15. The Morgan fingerprint density at radius 3 is 2.56 bits per heavy atom. The molecule has 1 aliphatic heterocycles. The van der Waals surface area contributed by atoms with Crippen molar-refractivity contribution in [1.29, 1.82) is 0 Å². The van der Waals surface area contributed by atoms with Gasteiger partial charge in [-0.3, -0.25) is 24.6 Å². The van der Waals surface area contributed by atoms with Crippen LogP contribution in [0.1, 0.15) is 16.7 Å². The fraction of sp³-hybridized carbons (Fsp3) is 0.103. The summed E-state index contributed by atoms with van der Waals surface area (Å²) in [6.07, 6.45) is 1.64. The third-order valence-corrected chi connectivity index (χ3v) is 7.76. The number of carbonyl (C=O) groups is 2. The van der Waals surface area contributed by atoms with Gasteiger partial charge in [0, 0.05) is 16.6 Å². The van der Waals surface area contributed by atoms with Crippen LogP contribution in [0.25, 0.3) is 16.8 Å². The highest BCUT2D eigenvalue weighted by molar-refractivity contribution is 9.10. The van der Waals surface area contributed by atoms with Crippen LogP contribution in [0.4, 0.5) is 10.5 Å². The molecule has 1 heterocycles. The molecule has 0 aliphatic carbocycles. The average Bonchev–Trinajstić information content (AvgIpc) is 3.20. The first kappa shape index (κ1) is 26.5. The molecule has 8 nitrogen and oxygen atoms in total. The standard InChI is InChI=1S/C29H21BrN2O6S/c1-37-25-13-21(24(30)15-26(25)38-17-18-6-4-10-22(12-18)32(35)36)14-27-28(33)31(29(34)39-27)16-20-9-5-8-19-7-2-3-11-23(19)20/h2-15H,16-17H2,1H3/b27-14+. The summed E-state index contributed by atoms with van der Waals surface area (Å²) >= 11 is 4.41. The number of halogens is 1. The van der Waals surface area contributed by atoms with Crippen LogP contribution in [0.2, 0.25) is 0 Å². The van der Waals surface area contributed by atoms with Gasteiger partial charge in [0.05, 0.1) is 23.5 Å². The molecule has 0 unspecified atom stereocenters. The Balaban J connectivity index is 1.36. The van der Waals surface area contributed by atoms with Gasteiger partial charge in [-0.05, 0) is 57.4 Å². The molecule has 0 radical (unpaired) electrons. The van der Waals surface area contributed by atoms with Gasteiger partial charge in [-0.15, -0.1) is 0 Å². The number of amides is 2. The van der Waals surface area contributed by atoms with Crippen LogP contribution in [0.5, 0.6) is 11.5 Å². The summed E-state index contributed by atoms with van der Waals surface area (Å²) in [6.45, 7) is 0.273. The van der Waals surface area contributed by atoms with Crippen molar-refractivity contribution in [3.8, 4) is 11.5 Å². The van der Waals surface area contributed by atoms with E-state index in [0.717, 1.165) is 28.1 Å². The predicted octanol–water partition coefficient (Wildman–Crippen LogP) is 7.33. The number of rotatable bonds is 8. The Morgan fingerprint density at radius 1 is 1.00 bits per heavy atom. The maximum absolute atomic E-state index is 13.2. The monoisotopic (exact) mass is 604 g/mol. The topological polar surface area (TPSA) is 99.0 Å². The van der Waals surface area contributed by atoms with Crippen molar-refractivity contribution < 1.29 is 24.0 Å². The average molecular weight is 605 g/mol. The molecule has 0 N–H and O–H groups in total. The molecule has 0 spiro atoms. The summed E-state index contributed by atoms with van der Waals surface area (Å²) in [7, 11) is 1.49. The molecule has 0 atom stereocenters. The Bertz CT molecular complexity index is 1650. The maximum Gasteiger partial charge on any atom is 0.293 e. The van der Waals surface area contributed by atoms with Gasteiger partial charge in [-0.2, -0.15) is 0 Å². The number of methoxy groups -OCH3 is 1. The van der Waals surface area contributed by atoms with E-state index in [0.29, 0.717) is 32.0 Å². The lowest BCUT2D eigenvalue weighted by atomic mass is 10.0. The number of ether oxygens (including phenoxy) is 2. The minimum Gasteiger partial charge on any atom is -0.493 e. The normalized spacial score (nSPS) is 14.3. The molecule has 0 saturated carbocycles. The number of hydrogen-bond acceptors (Lipinski definition) is 7. The zero-order valence-electron chi connectivity index (χ0n) is 20.6. The van der Waals surface area contributed by atoms with Crippen LogP contribution < -0.4 is 9.47 Å². The molecule has 39 heavy (non-hydrogen) atoms. The van der Waals surface area contributed by atoms with Gasteiger partial charge in [-0.25, -0.2) is 0 Å². The Kier molecular flexibility index (Phi) is 7.67. The summed E-state index contributed by atoms with van der Waals surface area (Å²) in [4.78, 5) is 38.2. The van der Waals surface area contributed by atoms with Crippen molar-refractivity contribution >= 4 is 61.4 Å². The highest BCUT2D eigenvalue weighted by Gasteiger charge is 2.35. The molecule has 4 aromatic carbocycles. The first-order valence-electron chi connectivity index (χ1n) is 11.8. The Labute approximate surface area is 236 Å². The van der Waals surface area contributed by atoms with E-state index in [9.17, 15) is 19.7 Å². The zero-order chi connectivity index (χ0) is 27.5. The summed E-state index contributed by atoms with van der Waals surface area (Å²) in [6, 6.07) is 23.3. The number of benzene rings is 4. The van der Waals surface area contributed by atoms with Crippen LogP contribution in [0.15, 0.2) is 88.2 Å². The van der Waals surface area contributed by atoms with Gasteiger partial charge in [0.15, 0.2) is 11.5 Å². The summed E-state index contributed by atoms with van der Waals surface area (Å²) in [5.74, 6) is 0.455. The number of nitro benzene ring substituents is 1. The van der Waals surface area contributed by atoms with E-state index in [2.05, 4.69) is 15.9 Å². The van der Waals surface area contributed by atoms with E-state index in [1.807, 2.05) is 42.5 Å². The van der Waals surface area contributed by atoms with Crippen LogP contribution >= 0.6 is 27.7 Å². The van der Waals surface area contributed by atoms with Gasteiger partial charge < -0.3 is 9.47 Å². The number of thioether (sulfide) groups is 1. The summed E-state index contributed by atoms with van der Waals surface area (Å²) < 4.78 is 12.0. The third kappa shape index (κ3) is 5.67. The van der Waals surface area contributed by atoms with Crippen molar-refractivity contribution in [3.05, 3.63) is 115 Å². The SMILES string of the molecule is COc1cc(/C=C2/SC(=O)N(Cc3cccc4ccccc34)C2=O)c(Br)cc1OCc1cccc([N+](=O)[O-])c1. The van der Waals surface area contributed by atoms with Crippen molar-refractivity contribution in [3.63, 3.8) is 0 Å². The van der Waals surface area contributed by atoms with Gasteiger partial charge in [0.2, 0.25) is 0 Å². The molecule has 10 heteroatoms. The molecule has 1 aliphatic rings. The third-order valence-electron chi connectivity index (χ3n) is 6.17. The van der Waals surface area contributed by atoms with Crippen molar-refractivity contribution in [2.75, 3.05) is 7.11 Å². The van der Waals surface area contributed by atoms with Crippen molar-refractivity contribution in [1.82, 2.24) is 4.90 Å². The quantitative estimate of drug-likeness (QED) is 0.118. The molecule has 196 valence electrons. The van der Waals surface area contributed by atoms with Crippen LogP contribution in [-0.4, -0.2) is 28.1 Å². The van der Waals surface area contributed by atoms with Crippen molar-refractivity contribution in [2.45, 2.75) is 13.2 Å².